The number of carbonyl (C=O) groups is 1. The summed E-state index contributed by atoms with van der Waals surface area (Å²) in [6, 6.07) is 0. The van der Waals surface area contributed by atoms with E-state index in [0.29, 0.717) is 36.8 Å². The van der Waals surface area contributed by atoms with Crippen molar-refractivity contribution in [2.24, 2.45) is 17.3 Å². The number of rotatable bonds is 2. The van der Waals surface area contributed by atoms with Crippen molar-refractivity contribution in [3.8, 4) is 0 Å². The second kappa shape index (κ2) is 6.37. The predicted molar refractivity (Wildman–Crippen MR) is 85.0 cm³/mol. The molecule has 1 saturated heterocycles. The molecular formula is C16H29NO3S. The van der Waals surface area contributed by atoms with Gasteiger partial charge in [-0.15, -0.1) is 0 Å². The third kappa shape index (κ3) is 4.78. The van der Waals surface area contributed by atoms with Crippen LogP contribution in [-0.2, 0) is 14.6 Å². The fraction of sp³-hybridized carbons (Fsp3) is 0.938. The summed E-state index contributed by atoms with van der Waals surface area (Å²) in [5.74, 6) is 1.62. The summed E-state index contributed by atoms with van der Waals surface area (Å²) in [4.78, 5) is 14.4. The monoisotopic (exact) mass is 315 g/mol. The summed E-state index contributed by atoms with van der Waals surface area (Å²) < 4.78 is 23.3. The van der Waals surface area contributed by atoms with Crippen molar-refractivity contribution in [1.29, 1.82) is 0 Å². The summed E-state index contributed by atoms with van der Waals surface area (Å²) in [6.07, 6.45) is 3.36. The van der Waals surface area contributed by atoms with Gasteiger partial charge in [0.25, 0.3) is 0 Å². The molecule has 0 aromatic carbocycles. The van der Waals surface area contributed by atoms with E-state index >= 15 is 0 Å². The van der Waals surface area contributed by atoms with Gasteiger partial charge in [-0.1, -0.05) is 20.8 Å². The molecule has 1 saturated carbocycles. The molecule has 0 N–H and O–H groups in total. The van der Waals surface area contributed by atoms with Gasteiger partial charge in [0.05, 0.1) is 11.5 Å². The van der Waals surface area contributed by atoms with Crippen molar-refractivity contribution in [3.05, 3.63) is 0 Å². The minimum absolute atomic E-state index is 0.101. The molecule has 5 heteroatoms. The van der Waals surface area contributed by atoms with Gasteiger partial charge in [0.2, 0.25) is 0 Å². The third-order valence-electron chi connectivity index (χ3n) is 5.12. The van der Waals surface area contributed by atoms with Gasteiger partial charge in [-0.2, -0.15) is 0 Å². The molecule has 1 aliphatic carbocycles. The highest BCUT2D eigenvalue weighted by atomic mass is 32.2. The number of Topliss-reactive ketones (excluding diaryl/α,β-unsaturated/α-hetero) is 1. The molecule has 122 valence electrons. The number of nitrogens with zero attached hydrogens (tertiary/aromatic N) is 1. The zero-order valence-corrected chi connectivity index (χ0v) is 14.4. The molecule has 2 fully saturated rings. The van der Waals surface area contributed by atoms with Gasteiger partial charge in [-0.05, 0) is 37.1 Å². The van der Waals surface area contributed by atoms with Gasteiger partial charge in [0, 0.05) is 25.4 Å². The number of hydrogen-bond donors (Lipinski definition) is 0. The lowest BCUT2D eigenvalue weighted by Gasteiger charge is -2.38. The summed E-state index contributed by atoms with van der Waals surface area (Å²) >= 11 is 0. The molecule has 2 atom stereocenters. The first-order valence-corrected chi connectivity index (χ1v) is 9.95. The summed E-state index contributed by atoms with van der Waals surface area (Å²) in [7, 11) is -2.87. The lowest BCUT2D eigenvalue weighted by atomic mass is 9.68. The van der Waals surface area contributed by atoms with Crippen molar-refractivity contribution in [1.82, 2.24) is 4.90 Å². The molecule has 0 radical (unpaired) electrons. The molecular weight excluding hydrogens is 286 g/mol. The average molecular weight is 315 g/mol. The lowest BCUT2D eigenvalue weighted by molar-refractivity contribution is -0.127. The van der Waals surface area contributed by atoms with Gasteiger partial charge in [-0.25, -0.2) is 8.42 Å². The third-order valence-corrected chi connectivity index (χ3v) is 6.83. The maximum Gasteiger partial charge on any atom is 0.151 e. The van der Waals surface area contributed by atoms with E-state index in [1.165, 1.54) is 0 Å². The Morgan fingerprint density at radius 2 is 1.90 bits per heavy atom. The van der Waals surface area contributed by atoms with Gasteiger partial charge in [0.1, 0.15) is 5.78 Å². The van der Waals surface area contributed by atoms with Gasteiger partial charge in [-0.3, -0.25) is 4.79 Å². The second-order valence-corrected chi connectivity index (χ2v) is 10.1. The fourth-order valence-corrected chi connectivity index (χ4v) is 4.87. The van der Waals surface area contributed by atoms with E-state index in [1.54, 1.807) is 0 Å². The first kappa shape index (κ1) is 16.9. The van der Waals surface area contributed by atoms with Crippen LogP contribution >= 0.6 is 0 Å². The van der Waals surface area contributed by atoms with Crippen LogP contribution in [0, 0.1) is 17.3 Å². The summed E-state index contributed by atoms with van der Waals surface area (Å²) in [5.41, 5.74) is 0.251. The Balaban J connectivity index is 1.96. The lowest BCUT2D eigenvalue weighted by Crippen LogP contribution is -2.40. The zero-order chi connectivity index (χ0) is 15.7. The van der Waals surface area contributed by atoms with Crippen molar-refractivity contribution in [2.45, 2.75) is 46.5 Å². The topological polar surface area (TPSA) is 54.5 Å². The van der Waals surface area contributed by atoms with E-state index in [4.69, 9.17) is 0 Å². The van der Waals surface area contributed by atoms with Gasteiger partial charge < -0.3 is 4.90 Å². The van der Waals surface area contributed by atoms with E-state index in [9.17, 15) is 13.2 Å². The highest BCUT2D eigenvalue weighted by molar-refractivity contribution is 7.91. The highest BCUT2D eigenvalue weighted by Gasteiger charge is 2.35. The number of ketones is 1. The van der Waals surface area contributed by atoms with Crippen LogP contribution in [0.3, 0.4) is 0 Å². The SMILES string of the molecule is CC(C)(C)C1CCC(=O)C(CN2CCCS(=O)(=O)CC2)C1. The van der Waals surface area contributed by atoms with Crippen molar-refractivity contribution < 1.29 is 13.2 Å². The molecule has 0 aromatic heterocycles. The number of carbonyl (C=O) groups excluding carboxylic acids is 1. The van der Waals surface area contributed by atoms with E-state index < -0.39 is 9.84 Å². The van der Waals surface area contributed by atoms with Gasteiger partial charge >= 0.3 is 0 Å². The molecule has 4 nitrogen and oxygen atoms in total. The minimum atomic E-state index is -2.87. The van der Waals surface area contributed by atoms with E-state index in [-0.39, 0.29) is 17.1 Å². The van der Waals surface area contributed by atoms with Crippen LogP contribution in [0.2, 0.25) is 0 Å². The smallest absolute Gasteiger partial charge is 0.151 e. The van der Waals surface area contributed by atoms with Gasteiger partial charge in [0.15, 0.2) is 9.84 Å². The molecule has 0 spiro atoms. The van der Waals surface area contributed by atoms with Crippen molar-refractivity contribution >= 4 is 15.6 Å². The Bertz CT molecular complexity index is 478. The van der Waals surface area contributed by atoms with Crippen molar-refractivity contribution in [3.63, 3.8) is 0 Å². The highest BCUT2D eigenvalue weighted by Crippen LogP contribution is 2.39. The normalized spacial score (nSPS) is 31.9. The Kier molecular flexibility index (Phi) is 5.14. The maximum absolute atomic E-state index is 12.2. The predicted octanol–water partition coefficient (Wildman–Crippen LogP) is 2.14. The Morgan fingerprint density at radius 3 is 2.57 bits per heavy atom. The molecule has 2 rings (SSSR count). The Morgan fingerprint density at radius 1 is 1.19 bits per heavy atom. The first-order valence-electron chi connectivity index (χ1n) is 8.13. The molecule has 0 aromatic rings. The molecule has 1 heterocycles. The maximum atomic E-state index is 12.2. The Hall–Kier alpha value is -0.420. The van der Waals surface area contributed by atoms with Crippen LogP contribution < -0.4 is 0 Å². The molecule has 1 aliphatic heterocycles. The number of hydrogen-bond acceptors (Lipinski definition) is 4. The first-order chi connectivity index (χ1) is 9.67. The fourth-order valence-electron chi connectivity index (χ4n) is 3.56. The molecule has 0 bridgehead atoms. The van der Waals surface area contributed by atoms with Crippen LogP contribution in [-0.4, -0.2) is 50.2 Å². The quantitative estimate of drug-likeness (QED) is 0.783. The zero-order valence-electron chi connectivity index (χ0n) is 13.6. The van der Waals surface area contributed by atoms with E-state index in [1.807, 2.05) is 0 Å². The second-order valence-electron chi connectivity index (χ2n) is 7.81. The Labute approximate surface area is 129 Å². The van der Waals surface area contributed by atoms with Crippen LogP contribution in [0.4, 0.5) is 0 Å². The number of sulfone groups is 1. The van der Waals surface area contributed by atoms with Crippen LogP contribution in [0.25, 0.3) is 0 Å². The standard InChI is InChI=1S/C16H29NO3S/c1-16(2,3)14-5-6-15(18)13(11-14)12-17-7-4-9-21(19,20)10-8-17/h13-14H,4-12H2,1-3H3. The van der Waals surface area contributed by atoms with Crippen molar-refractivity contribution in [2.75, 3.05) is 31.1 Å². The molecule has 2 unspecified atom stereocenters. The average Bonchev–Trinajstić information content (AvgIpc) is 2.52. The van der Waals surface area contributed by atoms with E-state index in [2.05, 4.69) is 25.7 Å². The molecule has 21 heavy (non-hydrogen) atoms. The summed E-state index contributed by atoms with van der Waals surface area (Å²) in [6.45, 7) is 8.91. The largest absolute Gasteiger partial charge is 0.302 e. The van der Waals surface area contributed by atoms with E-state index in [0.717, 1.165) is 25.9 Å². The van der Waals surface area contributed by atoms with Crippen LogP contribution in [0.5, 0.6) is 0 Å². The molecule has 2 aliphatic rings. The van der Waals surface area contributed by atoms with Crippen LogP contribution in [0.1, 0.15) is 46.5 Å². The summed E-state index contributed by atoms with van der Waals surface area (Å²) in [5, 5.41) is 0. The molecule has 0 amide bonds. The van der Waals surface area contributed by atoms with Crippen LogP contribution in [0.15, 0.2) is 0 Å². The minimum Gasteiger partial charge on any atom is -0.302 e.